The first kappa shape index (κ1) is 13.7. The van der Waals surface area contributed by atoms with Gasteiger partial charge in [-0.05, 0) is 36.1 Å². The van der Waals surface area contributed by atoms with E-state index in [0.29, 0.717) is 0 Å². The van der Waals surface area contributed by atoms with Crippen LogP contribution in [-0.4, -0.2) is 18.2 Å². The zero-order chi connectivity index (χ0) is 13.9. The molecule has 1 heterocycles. The van der Waals surface area contributed by atoms with Crippen LogP contribution in [0.1, 0.15) is 16.7 Å². The second kappa shape index (κ2) is 5.98. The number of rotatable bonds is 2. The van der Waals surface area contributed by atoms with Gasteiger partial charge >= 0.3 is 0 Å². The molecule has 0 atom stereocenters. The van der Waals surface area contributed by atoms with Crippen molar-refractivity contribution in [3.05, 3.63) is 63.6 Å². The van der Waals surface area contributed by atoms with Crippen LogP contribution in [-0.2, 0) is 19.4 Å². The van der Waals surface area contributed by atoms with E-state index in [-0.39, 0.29) is 6.61 Å². The number of benzene rings is 2. The zero-order valence-corrected chi connectivity index (χ0v) is 12.9. The summed E-state index contributed by atoms with van der Waals surface area (Å²) in [5.41, 5.74) is 5.06. The largest absolute Gasteiger partial charge is 0.392 e. The van der Waals surface area contributed by atoms with Crippen LogP contribution >= 0.6 is 15.9 Å². The maximum Gasteiger partial charge on any atom is 0.0702 e. The van der Waals surface area contributed by atoms with Crippen molar-refractivity contribution in [1.82, 2.24) is 0 Å². The third-order valence-electron chi connectivity index (χ3n) is 3.98. The Balaban J connectivity index is 1.88. The van der Waals surface area contributed by atoms with Gasteiger partial charge in [-0.15, -0.1) is 0 Å². The van der Waals surface area contributed by atoms with Gasteiger partial charge in [-0.2, -0.15) is 0 Å². The summed E-state index contributed by atoms with van der Waals surface area (Å²) in [6, 6.07) is 14.8. The summed E-state index contributed by atoms with van der Waals surface area (Å²) in [6.07, 6.45) is 2.13. The van der Waals surface area contributed by atoms with Gasteiger partial charge in [0.15, 0.2) is 0 Å². The number of aliphatic hydroxyl groups excluding tert-OH is 1. The summed E-state index contributed by atoms with van der Waals surface area (Å²) in [4.78, 5) is 2.39. The molecule has 1 N–H and O–H groups in total. The van der Waals surface area contributed by atoms with Gasteiger partial charge in [0, 0.05) is 28.8 Å². The topological polar surface area (TPSA) is 23.5 Å². The van der Waals surface area contributed by atoms with Crippen LogP contribution in [0.5, 0.6) is 0 Å². The molecule has 0 radical (unpaired) electrons. The van der Waals surface area contributed by atoms with Gasteiger partial charge in [0.05, 0.1) is 6.61 Å². The Labute approximate surface area is 128 Å². The predicted octanol–water partition coefficient (Wildman–Crippen LogP) is 3.55. The second-order valence-electron chi connectivity index (χ2n) is 5.19. The molecule has 0 unspecified atom stereocenters. The molecule has 2 aromatic rings. The van der Waals surface area contributed by atoms with Gasteiger partial charge in [-0.25, -0.2) is 0 Å². The standard InChI is InChI=1S/C17H18BrNO/c18-16-6-5-15(12-20)17(11-16)19-9-7-13-3-1-2-4-14(13)8-10-19/h1-6,11,20H,7-10,12H2. The third kappa shape index (κ3) is 2.74. The highest BCUT2D eigenvalue weighted by molar-refractivity contribution is 9.10. The lowest BCUT2D eigenvalue weighted by Crippen LogP contribution is -2.27. The molecular weight excluding hydrogens is 314 g/mol. The molecule has 3 heteroatoms. The maximum absolute atomic E-state index is 9.54. The fraction of sp³-hybridized carbons (Fsp3) is 0.294. The van der Waals surface area contributed by atoms with Gasteiger partial charge in [-0.1, -0.05) is 46.3 Å². The van der Waals surface area contributed by atoms with Gasteiger partial charge < -0.3 is 10.0 Å². The molecule has 20 heavy (non-hydrogen) atoms. The maximum atomic E-state index is 9.54. The fourth-order valence-electron chi connectivity index (χ4n) is 2.87. The predicted molar refractivity (Wildman–Crippen MR) is 86.1 cm³/mol. The smallest absolute Gasteiger partial charge is 0.0702 e. The number of fused-ring (bicyclic) bond motifs is 1. The van der Waals surface area contributed by atoms with Crippen molar-refractivity contribution < 1.29 is 5.11 Å². The summed E-state index contributed by atoms with van der Waals surface area (Å²) in [6.45, 7) is 2.09. The molecule has 0 saturated heterocycles. The summed E-state index contributed by atoms with van der Waals surface area (Å²) in [5, 5.41) is 9.54. The van der Waals surface area contributed by atoms with Crippen molar-refractivity contribution in [3.8, 4) is 0 Å². The molecule has 0 saturated carbocycles. The number of aliphatic hydroxyl groups is 1. The molecule has 1 aliphatic heterocycles. The van der Waals surface area contributed by atoms with E-state index >= 15 is 0 Å². The van der Waals surface area contributed by atoms with Crippen molar-refractivity contribution in [1.29, 1.82) is 0 Å². The molecule has 3 rings (SSSR count). The highest BCUT2D eigenvalue weighted by Crippen LogP contribution is 2.27. The minimum absolute atomic E-state index is 0.0893. The minimum Gasteiger partial charge on any atom is -0.392 e. The number of halogens is 1. The summed E-state index contributed by atoms with van der Waals surface area (Å²) in [7, 11) is 0. The molecule has 2 aromatic carbocycles. The van der Waals surface area contributed by atoms with Crippen LogP contribution in [0.4, 0.5) is 5.69 Å². The van der Waals surface area contributed by atoms with E-state index < -0.39 is 0 Å². The highest BCUT2D eigenvalue weighted by atomic mass is 79.9. The Morgan fingerprint density at radius 1 is 1.00 bits per heavy atom. The number of anilines is 1. The first-order chi connectivity index (χ1) is 9.78. The summed E-state index contributed by atoms with van der Waals surface area (Å²) < 4.78 is 1.06. The average Bonchev–Trinajstić information content (AvgIpc) is 2.70. The van der Waals surface area contributed by atoms with Gasteiger partial charge in [0.2, 0.25) is 0 Å². The van der Waals surface area contributed by atoms with Gasteiger partial charge in [-0.3, -0.25) is 0 Å². The molecule has 1 aliphatic rings. The Kier molecular flexibility index (Phi) is 4.08. The van der Waals surface area contributed by atoms with Crippen LogP contribution in [0.25, 0.3) is 0 Å². The fourth-order valence-corrected chi connectivity index (χ4v) is 3.22. The first-order valence-corrected chi connectivity index (χ1v) is 7.78. The van der Waals surface area contributed by atoms with Crippen molar-refractivity contribution in [2.75, 3.05) is 18.0 Å². The van der Waals surface area contributed by atoms with Crippen LogP contribution in [0, 0.1) is 0 Å². The van der Waals surface area contributed by atoms with Gasteiger partial charge in [0.1, 0.15) is 0 Å². The lowest BCUT2D eigenvalue weighted by atomic mass is 10.0. The van der Waals surface area contributed by atoms with Crippen molar-refractivity contribution in [2.24, 2.45) is 0 Å². The normalized spacial score (nSPS) is 14.8. The van der Waals surface area contributed by atoms with Crippen molar-refractivity contribution in [3.63, 3.8) is 0 Å². The average molecular weight is 332 g/mol. The molecule has 2 nitrogen and oxygen atoms in total. The number of hydrogen-bond donors (Lipinski definition) is 1. The Hall–Kier alpha value is -1.32. The Bertz CT molecular complexity index is 585. The third-order valence-corrected chi connectivity index (χ3v) is 4.47. The zero-order valence-electron chi connectivity index (χ0n) is 11.3. The molecule has 0 bridgehead atoms. The first-order valence-electron chi connectivity index (χ1n) is 6.99. The second-order valence-corrected chi connectivity index (χ2v) is 6.10. The molecule has 0 amide bonds. The molecule has 0 aliphatic carbocycles. The van der Waals surface area contributed by atoms with Gasteiger partial charge in [0.25, 0.3) is 0 Å². The molecular formula is C17H18BrNO. The number of nitrogens with zero attached hydrogens (tertiary/aromatic N) is 1. The summed E-state index contributed by atoms with van der Waals surface area (Å²) >= 11 is 3.53. The van der Waals surface area contributed by atoms with E-state index in [1.165, 1.54) is 11.1 Å². The SMILES string of the molecule is OCc1ccc(Br)cc1N1CCc2ccccc2CC1. The van der Waals surface area contributed by atoms with Crippen LogP contribution < -0.4 is 4.90 Å². The lowest BCUT2D eigenvalue weighted by Gasteiger charge is -2.25. The monoisotopic (exact) mass is 331 g/mol. The quantitative estimate of drug-likeness (QED) is 0.909. The van der Waals surface area contributed by atoms with Crippen molar-refractivity contribution in [2.45, 2.75) is 19.4 Å². The highest BCUT2D eigenvalue weighted by Gasteiger charge is 2.16. The van der Waals surface area contributed by atoms with Crippen LogP contribution in [0.15, 0.2) is 46.9 Å². The lowest BCUT2D eigenvalue weighted by molar-refractivity contribution is 0.282. The van der Waals surface area contributed by atoms with E-state index in [9.17, 15) is 5.11 Å². The van der Waals surface area contributed by atoms with E-state index in [2.05, 4.69) is 51.2 Å². The van der Waals surface area contributed by atoms with E-state index in [0.717, 1.165) is 41.7 Å². The Morgan fingerprint density at radius 2 is 1.65 bits per heavy atom. The minimum atomic E-state index is 0.0893. The molecule has 104 valence electrons. The van der Waals surface area contributed by atoms with Crippen LogP contribution in [0.3, 0.4) is 0 Å². The molecule has 0 fully saturated rings. The molecule has 0 aromatic heterocycles. The van der Waals surface area contributed by atoms with Crippen molar-refractivity contribution >= 4 is 21.6 Å². The van der Waals surface area contributed by atoms with E-state index in [1.807, 2.05) is 12.1 Å². The van der Waals surface area contributed by atoms with E-state index in [1.54, 1.807) is 0 Å². The van der Waals surface area contributed by atoms with Crippen LogP contribution in [0.2, 0.25) is 0 Å². The number of hydrogen-bond acceptors (Lipinski definition) is 2. The Morgan fingerprint density at radius 3 is 2.25 bits per heavy atom. The molecule has 0 spiro atoms. The summed E-state index contributed by atoms with van der Waals surface area (Å²) in [5.74, 6) is 0. The van der Waals surface area contributed by atoms with E-state index in [4.69, 9.17) is 0 Å².